The van der Waals surface area contributed by atoms with Crippen molar-refractivity contribution < 1.29 is 0 Å². The highest BCUT2D eigenvalue weighted by Crippen LogP contribution is 2.32. The van der Waals surface area contributed by atoms with E-state index in [9.17, 15) is 0 Å². The summed E-state index contributed by atoms with van der Waals surface area (Å²) in [5.41, 5.74) is 2.04. The zero-order valence-corrected chi connectivity index (χ0v) is 10.7. The summed E-state index contributed by atoms with van der Waals surface area (Å²) < 4.78 is 0. The van der Waals surface area contributed by atoms with Crippen LogP contribution in [0.1, 0.15) is 4.88 Å². The summed E-state index contributed by atoms with van der Waals surface area (Å²) >= 11 is 7.77. The molecule has 0 unspecified atom stereocenters. The first-order chi connectivity index (χ1) is 8.27. The van der Waals surface area contributed by atoms with Crippen LogP contribution in [0.2, 0.25) is 5.15 Å². The summed E-state index contributed by atoms with van der Waals surface area (Å²) in [6.07, 6.45) is 0. The molecule has 1 aromatic carbocycles. The van der Waals surface area contributed by atoms with Crippen LogP contribution in [-0.2, 0) is 0 Å². The van der Waals surface area contributed by atoms with Gasteiger partial charge in [-0.3, -0.25) is 0 Å². The summed E-state index contributed by atoms with van der Waals surface area (Å²) in [5.74, 6) is 0. The molecule has 0 atom stereocenters. The Labute approximate surface area is 108 Å². The molecule has 2 aromatic heterocycles. The molecule has 0 aliphatic carbocycles. The zero-order chi connectivity index (χ0) is 11.8. The first-order valence-corrected chi connectivity index (χ1v) is 6.48. The zero-order valence-electron chi connectivity index (χ0n) is 9.14. The standard InChI is InChI=1S/C13H9ClN2S/c1-8-9(6-7-17-8)12-10-4-2-3-5-11(10)13(14)16-15-12/h2-7H,1H3. The van der Waals surface area contributed by atoms with E-state index in [1.807, 2.05) is 24.3 Å². The van der Waals surface area contributed by atoms with Crippen molar-refractivity contribution in [2.45, 2.75) is 6.92 Å². The van der Waals surface area contributed by atoms with Crippen LogP contribution < -0.4 is 0 Å². The Hall–Kier alpha value is -1.45. The molecule has 3 aromatic rings. The van der Waals surface area contributed by atoms with Gasteiger partial charge in [0, 0.05) is 21.2 Å². The van der Waals surface area contributed by atoms with E-state index in [-0.39, 0.29) is 0 Å². The maximum atomic E-state index is 6.06. The van der Waals surface area contributed by atoms with E-state index in [2.05, 4.69) is 28.6 Å². The summed E-state index contributed by atoms with van der Waals surface area (Å²) in [7, 11) is 0. The van der Waals surface area contributed by atoms with Gasteiger partial charge in [0.15, 0.2) is 5.15 Å². The molecule has 0 saturated carbocycles. The van der Waals surface area contributed by atoms with Crippen molar-refractivity contribution in [3.63, 3.8) is 0 Å². The number of fused-ring (bicyclic) bond motifs is 1. The fourth-order valence-electron chi connectivity index (χ4n) is 1.90. The Morgan fingerprint density at radius 2 is 1.82 bits per heavy atom. The Morgan fingerprint density at radius 1 is 1.06 bits per heavy atom. The van der Waals surface area contributed by atoms with Crippen LogP contribution in [0.4, 0.5) is 0 Å². The van der Waals surface area contributed by atoms with Gasteiger partial charge in [-0.1, -0.05) is 35.9 Å². The van der Waals surface area contributed by atoms with E-state index in [1.54, 1.807) is 11.3 Å². The molecule has 0 N–H and O–H groups in total. The molecule has 2 heterocycles. The van der Waals surface area contributed by atoms with Crippen LogP contribution in [-0.4, -0.2) is 10.2 Å². The molecule has 0 saturated heterocycles. The molecular weight excluding hydrogens is 252 g/mol. The van der Waals surface area contributed by atoms with Gasteiger partial charge >= 0.3 is 0 Å². The van der Waals surface area contributed by atoms with E-state index in [0.717, 1.165) is 22.0 Å². The van der Waals surface area contributed by atoms with Gasteiger partial charge in [0.2, 0.25) is 0 Å². The van der Waals surface area contributed by atoms with Crippen molar-refractivity contribution in [1.29, 1.82) is 0 Å². The van der Waals surface area contributed by atoms with Gasteiger partial charge in [-0.25, -0.2) is 0 Å². The molecule has 84 valence electrons. The number of hydrogen-bond acceptors (Lipinski definition) is 3. The Bertz CT molecular complexity index is 691. The first kappa shape index (κ1) is 10.7. The van der Waals surface area contributed by atoms with E-state index >= 15 is 0 Å². The predicted molar refractivity (Wildman–Crippen MR) is 72.6 cm³/mol. The Kier molecular flexibility index (Phi) is 2.57. The first-order valence-electron chi connectivity index (χ1n) is 5.23. The topological polar surface area (TPSA) is 25.8 Å². The second kappa shape index (κ2) is 4.09. The number of aryl methyl sites for hydroxylation is 1. The van der Waals surface area contributed by atoms with Crippen molar-refractivity contribution in [2.75, 3.05) is 0 Å². The molecule has 2 nitrogen and oxygen atoms in total. The number of thiophene rings is 1. The number of halogens is 1. The normalized spacial score (nSPS) is 10.9. The smallest absolute Gasteiger partial charge is 0.149 e. The van der Waals surface area contributed by atoms with Crippen LogP contribution in [0.3, 0.4) is 0 Å². The van der Waals surface area contributed by atoms with Crippen LogP contribution in [0.5, 0.6) is 0 Å². The van der Waals surface area contributed by atoms with Gasteiger partial charge in [0.05, 0.1) is 0 Å². The van der Waals surface area contributed by atoms with Crippen LogP contribution >= 0.6 is 22.9 Å². The summed E-state index contributed by atoms with van der Waals surface area (Å²) in [4.78, 5) is 1.24. The largest absolute Gasteiger partial charge is 0.159 e. The number of benzene rings is 1. The van der Waals surface area contributed by atoms with Gasteiger partial charge in [0.25, 0.3) is 0 Å². The molecule has 0 fully saturated rings. The average Bonchev–Trinajstić information content (AvgIpc) is 2.77. The highest BCUT2D eigenvalue weighted by molar-refractivity contribution is 7.10. The quantitative estimate of drug-likeness (QED) is 0.651. The molecule has 0 amide bonds. The minimum absolute atomic E-state index is 0.456. The molecule has 4 heteroatoms. The lowest BCUT2D eigenvalue weighted by atomic mass is 10.1. The molecule has 0 aliphatic rings. The third-order valence-corrected chi connectivity index (χ3v) is 3.88. The highest BCUT2D eigenvalue weighted by Gasteiger charge is 2.11. The fraction of sp³-hybridized carbons (Fsp3) is 0.0769. The lowest BCUT2D eigenvalue weighted by Gasteiger charge is -2.05. The molecular formula is C13H9ClN2S. The highest BCUT2D eigenvalue weighted by atomic mass is 35.5. The molecule has 0 radical (unpaired) electrons. The van der Waals surface area contributed by atoms with Crippen molar-refractivity contribution in [2.24, 2.45) is 0 Å². The summed E-state index contributed by atoms with van der Waals surface area (Å²) in [6.45, 7) is 2.09. The average molecular weight is 261 g/mol. The van der Waals surface area contributed by atoms with Crippen LogP contribution in [0.25, 0.3) is 22.0 Å². The van der Waals surface area contributed by atoms with E-state index < -0.39 is 0 Å². The minimum atomic E-state index is 0.456. The van der Waals surface area contributed by atoms with Gasteiger partial charge < -0.3 is 0 Å². The number of rotatable bonds is 1. The van der Waals surface area contributed by atoms with Gasteiger partial charge in [-0.15, -0.1) is 21.5 Å². The van der Waals surface area contributed by atoms with Crippen LogP contribution in [0.15, 0.2) is 35.7 Å². The maximum absolute atomic E-state index is 6.06. The molecule has 0 spiro atoms. The molecule has 0 aliphatic heterocycles. The third kappa shape index (κ3) is 1.72. The molecule has 0 bridgehead atoms. The summed E-state index contributed by atoms with van der Waals surface area (Å²) in [6, 6.07) is 10.0. The minimum Gasteiger partial charge on any atom is -0.149 e. The van der Waals surface area contributed by atoms with Gasteiger partial charge in [-0.05, 0) is 18.4 Å². The number of nitrogens with zero attached hydrogens (tertiary/aromatic N) is 2. The second-order valence-electron chi connectivity index (χ2n) is 3.78. The van der Waals surface area contributed by atoms with Gasteiger partial charge in [0.1, 0.15) is 5.69 Å². The predicted octanol–water partition coefficient (Wildman–Crippen LogP) is 4.32. The van der Waals surface area contributed by atoms with E-state index in [4.69, 9.17) is 11.6 Å². The van der Waals surface area contributed by atoms with E-state index in [0.29, 0.717) is 5.15 Å². The Morgan fingerprint density at radius 3 is 2.53 bits per heavy atom. The van der Waals surface area contributed by atoms with Crippen molar-refractivity contribution in [3.05, 3.63) is 45.7 Å². The molecule has 3 rings (SSSR count). The maximum Gasteiger partial charge on any atom is 0.159 e. The second-order valence-corrected chi connectivity index (χ2v) is 5.25. The summed E-state index contributed by atoms with van der Waals surface area (Å²) in [5, 5.41) is 12.8. The monoisotopic (exact) mass is 260 g/mol. The number of aromatic nitrogens is 2. The van der Waals surface area contributed by atoms with Crippen molar-refractivity contribution in [1.82, 2.24) is 10.2 Å². The SMILES string of the molecule is Cc1sccc1-c1nnc(Cl)c2ccccc12. The lowest BCUT2D eigenvalue weighted by Crippen LogP contribution is -1.91. The van der Waals surface area contributed by atoms with E-state index in [1.165, 1.54) is 4.88 Å². The molecule has 17 heavy (non-hydrogen) atoms. The fourth-order valence-corrected chi connectivity index (χ4v) is 2.80. The lowest BCUT2D eigenvalue weighted by molar-refractivity contribution is 1.06. The van der Waals surface area contributed by atoms with Crippen molar-refractivity contribution >= 4 is 33.7 Å². The van der Waals surface area contributed by atoms with Crippen LogP contribution in [0, 0.1) is 6.92 Å². The number of hydrogen-bond donors (Lipinski definition) is 0. The van der Waals surface area contributed by atoms with Crippen molar-refractivity contribution in [3.8, 4) is 11.3 Å². The third-order valence-electron chi connectivity index (χ3n) is 2.76. The van der Waals surface area contributed by atoms with Gasteiger partial charge in [-0.2, -0.15) is 0 Å². The Balaban J connectivity index is 2.39.